The average molecular weight is 440 g/mol. The van der Waals surface area contributed by atoms with Gasteiger partial charge in [-0.3, -0.25) is 9.69 Å². The Morgan fingerprint density at radius 2 is 2.07 bits per heavy atom. The van der Waals surface area contributed by atoms with Crippen molar-refractivity contribution >= 4 is 29.1 Å². The molecule has 158 valence electrons. The third-order valence-corrected chi connectivity index (χ3v) is 5.59. The van der Waals surface area contributed by atoms with Crippen LogP contribution in [0.4, 0.5) is 0 Å². The Morgan fingerprint density at radius 3 is 2.76 bits per heavy atom. The van der Waals surface area contributed by atoms with Gasteiger partial charge in [0, 0.05) is 23.0 Å². The van der Waals surface area contributed by atoms with Crippen molar-refractivity contribution < 1.29 is 9.32 Å². The van der Waals surface area contributed by atoms with Crippen molar-refractivity contribution in [3.05, 3.63) is 34.1 Å². The third kappa shape index (κ3) is 6.40. The van der Waals surface area contributed by atoms with E-state index < -0.39 is 0 Å². The van der Waals surface area contributed by atoms with Crippen molar-refractivity contribution in [1.82, 2.24) is 25.3 Å². The molecule has 1 aliphatic rings. The van der Waals surface area contributed by atoms with Gasteiger partial charge in [-0.15, -0.1) is 0 Å². The van der Waals surface area contributed by atoms with Gasteiger partial charge < -0.3 is 14.7 Å². The van der Waals surface area contributed by atoms with Gasteiger partial charge in [-0.1, -0.05) is 28.4 Å². The standard InChI is InChI=1S/C20H27Cl2N5O2/c1-26(2)9-3-8-23-20(28)14-6-10-27(11-7-14)13-18-24-19(25-29-18)16-5-4-15(21)12-17(16)22/h4-5,12,14H,3,6-11,13H2,1-2H3,(H,23,28). The molecule has 7 nitrogen and oxygen atoms in total. The van der Waals surface area contributed by atoms with Crippen LogP contribution in [-0.2, 0) is 11.3 Å². The number of benzene rings is 1. The number of amides is 1. The number of halogens is 2. The number of carbonyl (C=O) groups is 1. The maximum absolute atomic E-state index is 12.3. The number of likely N-dealkylation sites (tertiary alicyclic amines) is 1. The first kappa shape index (κ1) is 22.0. The van der Waals surface area contributed by atoms with Gasteiger partial charge in [-0.2, -0.15) is 4.98 Å². The number of nitrogens with one attached hydrogen (secondary N) is 1. The monoisotopic (exact) mass is 439 g/mol. The summed E-state index contributed by atoms with van der Waals surface area (Å²) in [6, 6.07) is 5.18. The van der Waals surface area contributed by atoms with Crippen LogP contribution < -0.4 is 5.32 Å². The topological polar surface area (TPSA) is 74.5 Å². The fourth-order valence-corrected chi connectivity index (χ4v) is 3.89. The molecule has 0 aliphatic carbocycles. The van der Waals surface area contributed by atoms with Gasteiger partial charge in [-0.05, 0) is 71.2 Å². The molecule has 1 aromatic heterocycles. The van der Waals surface area contributed by atoms with E-state index in [1.165, 1.54) is 0 Å². The Labute approximate surface area is 181 Å². The number of hydrogen-bond acceptors (Lipinski definition) is 6. The molecule has 0 radical (unpaired) electrons. The quantitative estimate of drug-likeness (QED) is 0.635. The largest absolute Gasteiger partial charge is 0.356 e. The zero-order valence-corrected chi connectivity index (χ0v) is 18.3. The van der Waals surface area contributed by atoms with E-state index in [0.717, 1.165) is 45.4 Å². The lowest BCUT2D eigenvalue weighted by Crippen LogP contribution is -2.40. The molecule has 0 bridgehead atoms. The first-order chi connectivity index (χ1) is 13.9. The molecule has 2 heterocycles. The van der Waals surface area contributed by atoms with E-state index in [0.29, 0.717) is 33.9 Å². The maximum atomic E-state index is 12.3. The number of rotatable bonds is 8. The van der Waals surface area contributed by atoms with Crippen LogP contribution in [-0.4, -0.2) is 66.1 Å². The molecule has 0 unspecified atom stereocenters. The van der Waals surface area contributed by atoms with E-state index in [1.807, 2.05) is 14.1 Å². The number of aromatic nitrogens is 2. The summed E-state index contributed by atoms with van der Waals surface area (Å²) >= 11 is 12.1. The number of nitrogens with zero attached hydrogens (tertiary/aromatic N) is 4. The van der Waals surface area contributed by atoms with Crippen molar-refractivity contribution in [2.24, 2.45) is 5.92 Å². The van der Waals surface area contributed by atoms with Gasteiger partial charge >= 0.3 is 0 Å². The Morgan fingerprint density at radius 1 is 1.31 bits per heavy atom. The van der Waals surface area contributed by atoms with E-state index in [1.54, 1.807) is 18.2 Å². The first-order valence-corrected chi connectivity index (χ1v) is 10.6. The van der Waals surface area contributed by atoms with Crippen LogP contribution in [0.3, 0.4) is 0 Å². The van der Waals surface area contributed by atoms with Crippen LogP contribution in [0.25, 0.3) is 11.4 Å². The van der Waals surface area contributed by atoms with Crippen LogP contribution in [0, 0.1) is 5.92 Å². The van der Waals surface area contributed by atoms with Gasteiger partial charge in [0.15, 0.2) is 0 Å². The molecule has 1 aromatic carbocycles. The Kier molecular flexibility index (Phi) is 7.89. The van der Waals surface area contributed by atoms with Crippen LogP contribution in [0.1, 0.15) is 25.2 Å². The van der Waals surface area contributed by atoms with Gasteiger partial charge in [0.1, 0.15) is 0 Å². The highest BCUT2D eigenvalue weighted by molar-refractivity contribution is 6.36. The molecule has 29 heavy (non-hydrogen) atoms. The van der Waals surface area contributed by atoms with Crippen LogP contribution in [0.2, 0.25) is 10.0 Å². The minimum Gasteiger partial charge on any atom is -0.356 e. The molecule has 0 saturated carbocycles. The summed E-state index contributed by atoms with van der Waals surface area (Å²) in [5.41, 5.74) is 0.690. The number of piperidine rings is 1. The molecule has 3 rings (SSSR count). The SMILES string of the molecule is CN(C)CCCNC(=O)C1CCN(Cc2nc(-c3ccc(Cl)cc3Cl)no2)CC1. The Hall–Kier alpha value is -1.67. The first-order valence-electron chi connectivity index (χ1n) is 9.85. The van der Waals surface area contributed by atoms with Gasteiger partial charge in [-0.25, -0.2) is 0 Å². The molecule has 0 spiro atoms. The average Bonchev–Trinajstić information content (AvgIpc) is 3.13. The molecular weight excluding hydrogens is 413 g/mol. The Balaban J connectivity index is 1.45. The Bertz CT molecular complexity index is 819. The van der Waals surface area contributed by atoms with Gasteiger partial charge in [0.05, 0.1) is 11.6 Å². The molecule has 1 N–H and O–H groups in total. The smallest absolute Gasteiger partial charge is 0.241 e. The zero-order valence-electron chi connectivity index (χ0n) is 16.8. The molecule has 1 saturated heterocycles. The fourth-order valence-electron chi connectivity index (χ4n) is 3.40. The summed E-state index contributed by atoms with van der Waals surface area (Å²) in [6.07, 6.45) is 2.64. The minimum atomic E-state index is 0.0803. The second-order valence-electron chi connectivity index (χ2n) is 7.63. The summed E-state index contributed by atoms with van der Waals surface area (Å²) in [6.45, 7) is 3.93. The predicted octanol–water partition coefficient (Wildman–Crippen LogP) is 3.32. The molecule has 1 amide bonds. The third-order valence-electron chi connectivity index (χ3n) is 5.04. The maximum Gasteiger partial charge on any atom is 0.241 e. The highest BCUT2D eigenvalue weighted by Crippen LogP contribution is 2.28. The summed E-state index contributed by atoms with van der Waals surface area (Å²) in [7, 11) is 4.07. The molecule has 2 aromatic rings. The highest BCUT2D eigenvalue weighted by Gasteiger charge is 2.26. The van der Waals surface area contributed by atoms with Crippen molar-refractivity contribution in [1.29, 1.82) is 0 Å². The van der Waals surface area contributed by atoms with E-state index in [4.69, 9.17) is 27.7 Å². The molecule has 0 atom stereocenters. The van der Waals surface area contributed by atoms with Crippen molar-refractivity contribution in [2.45, 2.75) is 25.8 Å². The fraction of sp³-hybridized carbons (Fsp3) is 0.550. The molecule has 9 heteroatoms. The number of carbonyl (C=O) groups excluding carboxylic acids is 1. The van der Waals surface area contributed by atoms with E-state index >= 15 is 0 Å². The van der Waals surface area contributed by atoms with Crippen LogP contribution in [0.15, 0.2) is 22.7 Å². The molecular formula is C20H27Cl2N5O2. The van der Waals surface area contributed by atoms with Crippen molar-refractivity contribution in [2.75, 3.05) is 40.3 Å². The predicted molar refractivity (Wildman–Crippen MR) is 114 cm³/mol. The minimum absolute atomic E-state index is 0.0803. The van der Waals surface area contributed by atoms with E-state index in [-0.39, 0.29) is 11.8 Å². The molecule has 1 fully saturated rings. The summed E-state index contributed by atoms with van der Waals surface area (Å²) < 4.78 is 5.39. The number of hydrogen-bond donors (Lipinski definition) is 1. The molecule has 1 aliphatic heterocycles. The van der Waals surface area contributed by atoms with Crippen molar-refractivity contribution in [3.8, 4) is 11.4 Å². The van der Waals surface area contributed by atoms with Gasteiger partial charge in [0.25, 0.3) is 0 Å². The second-order valence-corrected chi connectivity index (χ2v) is 8.48. The van der Waals surface area contributed by atoms with Gasteiger partial charge in [0.2, 0.25) is 17.6 Å². The second kappa shape index (κ2) is 10.4. The lowest BCUT2D eigenvalue weighted by molar-refractivity contribution is -0.126. The van der Waals surface area contributed by atoms with Crippen LogP contribution in [0.5, 0.6) is 0 Å². The zero-order chi connectivity index (χ0) is 20.8. The normalized spacial score (nSPS) is 15.8. The van der Waals surface area contributed by atoms with Crippen LogP contribution >= 0.6 is 23.2 Å². The lowest BCUT2D eigenvalue weighted by atomic mass is 9.96. The summed E-state index contributed by atoms with van der Waals surface area (Å²) in [5.74, 6) is 1.24. The highest BCUT2D eigenvalue weighted by atomic mass is 35.5. The summed E-state index contributed by atoms with van der Waals surface area (Å²) in [5, 5.41) is 8.14. The summed E-state index contributed by atoms with van der Waals surface area (Å²) in [4.78, 5) is 21.1. The van der Waals surface area contributed by atoms with E-state index in [2.05, 4.69) is 25.3 Å². The lowest BCUT2D eigenvalue weighted by Gasteiger charge is -2.30. The van der Waals surface area contributed by atoms with E-state index in [9.17, 15) is 4.79 Å². The van der Waals surface area contributed by atoms with Crippen molar-refractivity contribution in [3.63, 3.8) is 0 Å².